The summed E-state index contributed by atoms with van der Waals surface area (Å²) >= 11 is 0. The van der Waals surface area contributed by atoms with Gasteiger partial charge in [0.2, 0.25) is 10.0 Å². The van der Waals surface area contributed by atoms with E-state index in [1.807, 2.05) is 0 Å². The SMILES string of the molecule is CCN(c1ccccc1)S(=O)(=O)c1ccc(S(=O)(=O)NC)cc1. The Kier molecular flexibility index (Phi) is 5.08. The van der Waals surface area contributed by atoms with Crippen LogP contribution in [0.3, 0.4) is 0 Å². The summed E-state index contributed by atoms with van der Waals surface area (Å²) in [5.41, 5.74) is 0.557. The Morgan fingerprint density at radius 3 is 1.87 bits per heavy atom. The van der Waals surface area contributed by atoms with Crippen LogP contribution in [0.1, 0.15) is 6.92 Å². The zero-order chi connectivity index (χ0) is 17.1. The third kappa shape index (κ3) is 3.54. The molecule has 0 amide bonds. The van der Waals surface area contributed by atoms with Gasteiger partial charge in [0, 0.05) is 6.54 Å². The molecular weight excluding hydrogens is 336 g/mol. The maximum Gasteiger partial charge on any atom is 0.264 e. The minimum atomic E-state index is -3.76. The lowest BCUT2D eigenvalue weighted by Gasteiger charge is -2.23. The second-order valence-corrected chi connectivity index (χ2v) is 8.43. The summed E-state index contributed by atoms with van der Waals surface area (Å²) in [6.45, 7) is 2.01. The Bertz CT molecular complexity index is 861. The van der Waals surface area contributed by atoms with Crippen LogP contribution in [0, 0.1) is 0 Å². The van der Waals surface area contributed by atoms with Crippen LogP contribution in [-0.4, -0.2) is 30.4 Å². The predicted molar refractivity (Wildman–Crippen MR) is 89.3 cm³/mol. The molecule has 0 saturated carbocycles. The van der Waals surface area contributed by atoms with E-state index in [2.05, 4.69) is 4.72 Å². The van der Waals surface area contributed by atoms with E-state index in [4.69, 9.17) is 0 Å². The van der Waals surface area contributed by atoms with Crippen molar-refractivity contribution in [3.05, 3.63) is 54.6 Å². The summed E-state index contributed by atoms with van der Waals surface area (Å²) in [5.74, 6) is 0. The van der Waals surface area contributed by atoms with E-state index in [1.165, 1.54) is 35.6 Å². The molecule has 0 bridgehead atoms. The van der Waals surface area contributed by atoms with Crippen molar-refractivity contribution < 1.29 is 16.8 Å². The molecule has 8 heteroatoms. The molecule has 0 heterocycles. The van der Waals surface area contributed by atoms with Gasteiger partial charge < -0.3 is 0 Å². The fourth-order valence-electron chi connectivity index (χ4n) is 2.12. The Labute approximate surface area is 136 Å². The number of nitrogens with one attached hydrogen (secondary N) is 1. The van der Waals surface area contributed by atoms with Crippen molar-refractivity contribution in [3.63, 3.8) is 0 Å². The van der Waals surface area contributed by atoms with Gasteiger partial charge in [-0.15, -0.1) is 0 Å². The van der Waals surface area contributed by atoms with Crippen LogP contribution in [0.5, 0.6) is 0 Å². The summed E-state index contributed by atoms with van der Waals surface area (Å²) in [7, 11) is -6.05. The molecule has 6 nitrogen and oxygen atoms in total. The average Bonchev–Trinajstić information content (AvgIpc) is 2.56. The van der Waals surface area contributed by atoms with E-state index >= 15 is 0 Å². The molecule has 0 fully saturated rings. The Hall–Kier alpha value is -1.90. The zero-order valence-electron chi connectivity index (χ0n) is 12.8. The first-order chi connectivity index (χ1) is 10.8. The van der Waals surface area contributed by atoms with E-state index < -0.39 is 20.0 Å². The summed E-state index contributed by atoms with van der Waals surface area (Å²) in [4.78, 5) is 0.0555. The molecule has 23 heavy (non-hydrogen) atoms. The maximum atomic E-state index is 12.8. The summed E-state index contributed by atoms with van der Waals surface area (Å²) in [6, 6.07) is 13.9. The smallest absolute Gasteiger partial charge is 0.264 e. The molecule has 124 valence electrons. The Balaban J connectivity index is 2.43. The third-order valence-corrected chi connectivity index (χ3v) is 6.67. The van der Waals surface area contributed by atoms with Gasteiger partial charge in [0.05, 0.1) is 15.5 Å². The van der Waals surface area contributed by atoms with Crippen molar-refractivity contribution >= 4 is 25.7 Å². The van der Waals surface area contributed by atoms with Crippen molar-refractivity contribution in [1.82, 2.24) is 4.72 Å². The van der Waals surface area contributed by atoms with Gasteiger partial charge in [0.15, 0.2) is 0 Å². The van der Waals surface area contributed by atoms with Crippen molar-refractivity contribution in [1.29, 1.82) is 0 Å². The van der Waals surface area contributed by atoms with Gasteiger partial charge in [-0.3, -0.25) is 4.31 Å². The molecule has 0 unspecified atom stereocenters. The number of hydrogen-bond acceptors (Lipinski definition) is 4. The number of anilines is 1. The van der Waals surface area contributed by atoms with E-state index in [0.29, 0.717) is 5.69 Å². The Morgan fingerprint density at radius 1 is 0.870 bits per heavy atom. The van der Waals surface area contributed by atoms with Crippen LogP contribution in [0.25, 0.3) is 0 Å². The molecule has 0 radical (unpaired) electrons. The molecule has 0 aromatic heterocycles. The molecule has 0 aliphatic heterocycles. The minimum Gasteiger partial charge on any atom is -0.267 e. The second kappa shape index (κ2) is 6.69. The lowest BCUT2D eigenvalue weighted by atomic mass is 10.3. The monoisotopic (exact) mass is 354 g/mol. The van der Waals surface area contributed by atoms with Gasteiger partial charge >= 0.3 is 0 Å². The largest absolute Gasteiger partial charge is 0.267 e. The van der Waals surface area contributed by atoms with E-state index in [-0.39, 0.29) is 16.3 Å². The fourth-order valence-corrected chi connectivity index (χ4v) is 4.33. The van der Waals surface area contributed by atoms with Crippen LogP contribution >= 0.6 is 0 Å². The highest BCUT2D eigenvalue weighted by molar-refractivity contribution is 7.92. The highest BCUT2D eigenvalue weighted by Crippen LogP contribution is 2.24. The summed E-state index contributed by atoms with van der Waals surface area (Å²) in [6.07, 6.45) is 0. The van der Waals surface area contributed by atoms with E-state index in [0.717, 1.165) is 0 Å². The van der Waals surface area contributed by atoms with Gasteiger partial charge in [-0.25, -0.2) is 21.6 Å². The molecule has 0 aliphatic carbocycles. The number of nitrogens with zero attached hydrogens (tertiary/aromatic N) is 1. The first kappa shape index (κ1) is 17.5. The quantitative estimate of drug-likeness (QED) is 0.857. The molecule has 2 aromatic carbocycles. The second-order valence-electron chi connectivity index (χ2n) is 4.68. The first-order valence-corrected chi connectivity index (χ1v) is 9.86. The van der Waals surface area contributed by atoms with Crippen molar-refractivity contribution in [2.24, 2.45) is 0 Å². The lowest BCUT2D eigenvalue weighted by Crippen LogP contribution is -2.30. The molecule has 1 N–H and O–H groups in total. The van der Waals surface area contributed by atoms with Gasteiger partial charge in [-0.2, -0.15) is 0 Å². The molecule has 2 rings (SSSR count). The van der Waals surface area contributed by atoms with Crippen LogP contribution < -0.4 is 9.03 Å². The van der Waals surface area contributed by atoms with Gasteiger partial charge in [-0.05, 0) is 50.4 Å². The number of rotatable bonds is 6. The van der Waals surface area contributed by atoms with Crippen LogP contribution in [0.15, 0.2) is 64.4 Å². The topological polar surface area (TPSA) is 83.6 Å². The molecular formula is C15H18N2O4S2. The Morgan fingerprint density at radius 2 is 1.39 bits per heavy atom. The van der Waals surface area contributed by atoms with E-state index in [1.54, 1.807) is 37.3 Å². The summed E-state index contributed by atoms with van der Waals surface area (Å²) in [5, 5.41) is 0. The highest BCUT2D eigenvalue weighted by atomic mass is 32.2. The number of para-hydroxylation sites is 1. The molecule has 2 aromatic rings. The van der Waals surface area contributed by atoms with Crippen LogP contribution in [-0.2, 0) is 20.0 Å². The molecule has 0 aliphatic rings. The summed E-state index contributed by atoms with van der Waals surface area (Å²) < 4.78 is 52.4. The fraction of sp³-hybridized carbons (Fsp3) is 0.200. The normalized spacial score (nSPS) is 12.1. The molecule has 0 saturated heterocycles. The molecule has 0 spiro atoms. The minimum absolute atomic E-state index is 0.0155. The molecule has 0 atom stereocenters. The van der Waals surface area contributed by atoms with Gasteiger partial charge in [0.1, 0.15) is 0 Å². The maximum absolute atomic E-state index is 12.8. The number of hydrogen-bond donors (Lipinski definition) is 1. The van der Waals surface area contributed by atoms with Gasteiger partial charge in [-0.1, -0.05) is 18.2 Å². The van der Waals surface area contributed by atoms with Gasteiger partial charge in [0.25, 0.3) is 10.0 Å². The third-order valence-electron chi connectivity index (χ3n) is 3.32. The predicted octanol–water partition coefficient (Wildman–Crippen LogP) is 1.81. The van der Waals surface area contributed by atoms with Crippen molar-refractivity contribution in [2.45, 2.75) is 16.7 Å². The van der Waals surface area contributed by atoms with Crippen molar-refractivity contribution in [2.75, 3.05) is 17.9 Å². The average molecular weight is 354 g/mol. The van der Waals surface area contributed by atoms with Crippen LogP contribution in [0.4, 0.5) is 5.69 Å². The number of sulfonamides is 2. The standard InChI is InChI=1S/C15H18N2O4S2/c1-3-17(13-7-5-4-6-8-13)23(20,21)15-11-9-14(10-12-15)22(18,19)16-2/h4-12,16H,3H2,1-2H3. The van der Waals surface area contributed by atoms with E-state index in [9.17, 15) is 16.8 Å². The lowest BCUT2D eigenvalue weighted by molar-refractivity contribution is 0.586. The zero-order valence-corrected chi connectivity index (χ0v) is 14.4. The highest BCUT2D eigenvalue weighted by Gasteiger charge is 2.24. The van der Waals surface area contributed by atoms with Crippen LogP contribution in [0.2, 0.25) is 0 Å². The van der Waals surface area contributed by atoms with Crippen molar-refractivity contribution in [3.8, 4) is 0 Å². The number of benzene rings is 2. The first-order valence-electron chi connectivity index (χ1n) is 6.94.